The van der Waals surface area contributed by atoms with Crippen LogP contribution in [0.25, 0.3) is 6.08 Å². The molecule has 0 fully saturated rings. The Bertz CT molecular complexity index is 890. The number of Topliss-reactive ketones (excluding diaryl/α,β-unsaturated/α-hetero) is 1. The van der Waals surface area contributed by atoms with E-state index in [1.165, 1.54) is 12.3 Å². The van der Waals surface area contributed by atoms with Crippen LogP contribution in [-0.2, 0) is 0 Å². The number of rotatable bonds is 8. The van der Waals surface area contributed by atoms with Crippen molar-refractivity contribution in [3.63, 3.8) is 0 Å². The van der Waals surface area contributed by atoms with Crippen LogP contribution in [0.4, 0.5) is 0 Å². The average molecular weight is 416 g/mol. The van der Waals surface area contributed by atoms with E-state index in [0.717, 1.165) is 0 Å². The van der Waals surface area contributed by atoms with Gasteiger partial charge in [-0.2, -0.15) is 5.26 Å². The molecule has 1 heterocycles. The van der Waals surface area contributed by atoms with Gasteiger partial charge in [0.15, 0.2) is 11.5 Å². The summed E-state index contributed by atoms with van der Waals surface area (Å²) in [6.45, 7) is 7.94. The first-order chi connectivity index (χ1) is 12.5. The number of aryl methyl sites for hydroxylation is 1. The third-order valence-electron chi connectivity index (χ3n) is 3.46. The number of nitriles is 1. The minimum atomic E-state index is -0.389. The van der Waals surface area contributed by atoms with E-state index in [1.54, 1.807) is 31.2 Å². The molecule has 1 aromatic heterocycles. The maximum Gasteiger partial charge on any atom is 0.207 e. The highest BCUT2D eigenvalue weighted by Gasteiger charge is 2.18. The zero-order valence-corrected chi connectivity index (χ0v) is 16.1. The molecule has 26 heavy (non-hydrogen) atoms. The van der Waals surface area contributed by atoms with Gasteiger partial charge in [-0.05, 0) is 59.6 Å². The van der Waals surface area contributed by atoms with Crippen LogP contribution >= 0.6 is 15.9 Å². The second-order valence-electron chi connectivity index (χ2n) is 5.25. The van der Waals surface area contributed by atoms with Crippen LogP contribution in [0.2, 0.25) is 0 Å². The largest absolute Gasteiger partial charge is 0.490 e. The van der Waals surface area contributed by atoms with Crippen LogP contribution in [0.15, 0.2) is 51.6 Å². The van der Waals surface area contributed by atoms with Gasteiger partial charge in [-0.25, -0.2) is 0 Å². The van der Waals surface area contributed by atoms with E-state index >= 15 is 0 Å². The van der Waals surface area contributed by atoms with Gasteiger partial charge >= 0.3 is 0 Å². The summed E-state index contributed by atoms with van der Waals surface area (Å²) in [5.41, 5.74) is 1.01. The molecule has 0 radical (unpaired) electrons. The lowest BCUT2D eigenvalue weighted by molar-refractivity contribution is 0.103. The smallest absolute Gasteiger partial charge is 0.207 e. The van der Waals surface area contributed by atoms with Crippen LogP contribution in [0.1, 0.15) is 28.6 Å². The van der Waals surface area contributed by atoms with Gasteiger partial charge in [-0.15, -0.1) is 0 Å². The van der Waals surface area contributed by atoms with Crippen molar-refractivity contribution in [3.05, 3.63) is 64.1 Å². The van der Waals surface area contributed by atoms with E-state index in [4.69, 9.17) is 13.9 Å². The minimum Gasteiger partial charge on any atom is -0.490 e. The zero-order chi connectivity index (χ0) is 19.1. The molecule has 0 unspecified atom stereocenters. The standard InChI is InChI=1S/C20H18BrNO4/c1-4-7-26-20-17(21)10-14(11-18(20)24-5-2)9-15(12-22)19(23)16-6-8-25-13(16)3/h4,6,8-11H,1,5,7H2,2-3H3/b15-9+. The van der Waals surface area contributed by atoms with Crippen molar-refractivity contribution < 1.29 is 18.7 Å². The molecule has 2 aromatic rings. The molecular weight excluding hydrogens is 398 g/mol. The summed E-state index contributed by atoms with van der Waals surface area (Å²) in [7, 11) is 0. The number of nitrogens with zero attached hydrogens (tertiary/aromatic N) is 1. The fourth-order valence-electron chi connectivity index (χ4n) is 2.30. The number of carbonyl (C=O) groups is 1. The highest BCUT2D eigenvalue weighted by atomic mass is 79.9. The lowest BCUT2D eigenvalue weighted by Gasteiger charge is -2.13. The van der Waals surface area contributed by atoms with Crippen LogP contribution in [0.3, 0.4) is 0 Å². The number of carbonyl (C=O) groups excluding carboxylic acids is 1. The quantitative estimate of drug-likeness (QED) is 0.259. The highest BCUT2D eigenvalue weighted by molar-refractivity contribution is 9.10. The minimum absolute atomic E-state index is 0.00334. The summed E-state index contributed by atoms with van der Waals surface area (Å²) < 4.78 is 17.0. The number of hydrogen-bond donors (Lipinski definition) is 0. The fourth-order valence-corrected chi connectivity index (χ4v) is 2.87. The molecule has 0 aliphatic carbocycles. The average Bonchev–Trinajstić information content (AvgIpc) is 3.04. The first-order valence-corrected chi connectivity index (χ1v) is 8.71. The maximum absolute atomic E-state index is 12.5. The summed E-state index contributed by atoms with van der Waals surface area (Å²) in [4.78, 5) is 12.5. The summed E-state index contributed by atoms with van der Waals surface area (Å²) in [5.74, 6) is 1.14. The Morgan fingerprint density at radius 3 is 2.77 bits per heavy atom. The van der Waals surface area contributed by atoms with Gasteiger partial charge in [0.05, 0.1) is 22.9 Å². The maximum atomic E-state index is 12.5. The predicted molar refractivity (Wildman–Crippen MR) is 102 cm³/mol. The number of benzene rings is 1. The van der Waals surface area contributed by atoms with E-state index in [0.29, 0.717) is 46.1 Å². The van der Waals surface area contributed by atoms with Crippen LogP contribution in [0, 0.1) is 18.3 Å². The van der Waals surface area contributed by atoms with Crippen LogP contribution in [0.5, 0.6) is 11.5 Å². The SMILES string of the molecule is C=CCOc1c(Br)cc(/C=C(\C#N)C(=O)c2ccoc2C)cc1OCC. The molecule has 0 bridgehead atoms. The van der Waals surface area contributed by atoms with Crippen molar-refractivity contribution in [1.29, 1.82) is 5.26 Å². The van der Waals surface area contributed by atoms with Gasteiger partial charge in [0.1, 0.15) is 24.0 Å². The predicted octanol–water partition coefficient (Wildman–Crippen LogP) is 5.10. The zero-order valence-electron chi connectivity index (χ0n) is 14.5. The Balaban J connectivity index is 2.44. The molecule has 0 atom stereocenters. The van der Waals surface area contributed by atoms with Gasteiger partial charge in [0.25, 0.3) is 0 Å². The lowest BCUT2D eigenvalue weighted by atomic mass is 10.0. The molecule has 0 amide bonds. The van der Waals surface area contributed by atoms with Gasteiger partial charge < -0.3 is 13.9 Å². The van der Waals surface area contributed by atoms with Crippen molar-refractivity contribution >= 4 is 27.8 Å². The normalized spacial score (nSPS) is 10.9. The Hall–Kier alpha value is -2.78. The molecule has 0 saturated carbocycles. The van der Waals surface area contributed by atoms with E-state index in [1.807, 2.05) is 13.0 Å². The molecule has 134 valence electrons. The number of ether oxygens (including phenoxy) is 2. The Labute approximate surface area is 160 Å². The van der Waals surface area contributed by atoms with Crippen molar-refractivity contribution in [2.75, 3.05) is 13.2 Å². The Kier molecular flexibility index (Phi) is 6.81. The van der Waals surface area contributed by atoms with E-state index in [9.17, 15) is 10.1 Å². The number of hydrogen-bond acceptors (Lipinski definition) is 5. The Morgan fingerprint density at radius 2 is 2.19 bits per heavy atom. The van der Waals surface area contributed by atoms with E-state index < -0.39 is 0 Å². The molecule has 0 saturated heterocycles. The molecule has 6 heteroatoms. The molecule has 0 N–H and O–H groups in total. The van der Waals surface area contributed by atoms with Crippen molar-refractivity contribution in [2.45, 2.75) is 13.8 Å². The second kappa shape index (κ2) is 9.07. The van der Waals surface area contributed by atoms with E-state index in [-0.39, 0.29) is 11.4 Å². The molecule has 2 rings (SSSR count). The summed E-state index contributed by atoms with van der Waals surface area (Å²) in [6.07, 6.45) is 4.57. The third kappa shape index (κ3) is 4.44. The lowest BCUT2D eigenvalue weighted by Crippen LogP contribution is -2.03. The summed E-state index contributed by atoms with van der Waals surface area (Å²) in [5, 5.41) is 9.41. The molecule has 0 spiro atoms. The van der Waals surface area contributed by atoms with Crippen molar-refractivity contribution in [2.24, 2.45) is 0 Å². The van der Waals surface area contributed by atoms with E-state index in [2.05, 4.69) is 22.5 Å². The summed E-state index contributed by atoms with van der Waals surface area (Å²) >= 11 is 3.45. The van der Waals surface area contributed by atoms with Gasteiger partial charge in [0.2, 0.25) is 5.78 Å². The number of ketones is 1. The fraction of sp³-hybridized carbons (Fsp3) is 0.200. The number of allylic oxidation sites excluding steroid dienone is 1. The van der Waals surface area contributed by atoms with Gasteiger partial charge in [-0.3, -0.25) is 4.79 Å². The van der Waals surface area contributed by atoms with Gasteiger partial charge in [0, 0.05) is 0 Å². The molecule has 0 aliphatic rings. The molecule has 0 aliphatic heterocycles. The molecule has 1 aromatic carbocycles. The third-order valence-corrected chi connectivity index (χ3v) is 4.05. The van der Waals surface area contributed by atoms with Crippen LogP contribution < -0.4 is 9.47 Å². The molecular formula is C20H18BrNO4. The summed E-state index contributed by atoms with van der Waals surface area (Å²) in [6, 6.07) is 6.99. The van der Waals surface area contributed by atoms with Crippen LogP contribution in [-0.4, -0.2) is 19.0 Å². The molecule has 5 nitrogen and oxygen atoms in total. The number of halogens is 1. The van der Waals surface area contributed by atoms with Gasteiger partial charge in [-0.1, -0.05) is 12.7 Å². The monoisotopic (exact) mass is 415 g/mol. The first-order valence-electron chi connectivity index (χ1n) is 7.92. The van der Waals surface area contributed by atoms with Crippen molar-refractivity contribution in [1.82, 2.24) is 0 Å². The number of furan rings is 1. The second-order valence-corrected chi connectivity index (χ2v) is 6.11. The van der Waals surface area contributed by atoms with Crippen molar-refractivity contribution in [3.8, 4) is 17.6 Å². The topological polar surface area (TPSA) is 72.5 Å². The Morgan fingerprint density at radius 1 is 1.42 bits per heavy atom. The first kappa shape index (κ1) is 19.5. The highest BCUT2D eigenvalue weighted by Crippen LogP contribution is 2.37.